The Bertz CT molecular complexity index is 938. The maximum Gasteiger partial charge on any atom is 0.255 e. The molecule has 132 valence electrons. The molecule has 0 saturated carbocycles. The molecule has 0 bridgehead atoms. The monoisotopic (exact) mass is 370 g/mol. The molecular weight excluding hydrogens is 356 g/mol. The number of halogens is 1. The van der Waals surface area contributed by atoms with Crippen molar-refractivity contribution in [2.24, 2.45) is 0 Å². The average molecular weight is 371 g/mol. The van der Waals surface area contributed by atoms with Crippen molar-refractivity contribution in [1.82, 2.24) is 25.1 Å². The molecule has 3 rings (SSSR count). The second kappa shape index (κ2) is 7.32. The van der Waals surface area contributed by atoms with Gasteiger partial charge in [0, 0.05) is 25.3 Å². The van der Waals surface area contributed by atoms with Crippen molar-refractivity contribution in [2.45, 2.75) is 0 Å². The number of nitrogens with zero attached hydrogens (tertiary/aromatic N) is 5. The Hall–Kier alpha value is -3.26. The van der Waals surface area contributed by atoms with Crippen LogP contribution in [0, 0.1) is 0 Å². The maximum atomic E-state index is 12.4. The largest absolute Gasteiger partial charge is 0.345 e. The number of benzene rings is 2. The van der Waals surface area contributed by atoms with Crippen LogP contribution in [0.15, 0.2) is 48.8 Å². The summed E-state index contributed by atoms with van der Waals surface area (Å²) in [6.07, 6.45) is 1.47. The van der Waals surface area contributed by atoms with Crippen LogP contribution in [0.4, 0.5) is 5.69 Å². The number of hydrogen-bond acceptors (Lipinski definition) is 5. The summed E-state index contributed by atoms with van der Waals surface area (Å²) in [6, 6.07) is 11.6. The minimum absolute atomic E-state index is 0.203. The van der Waals surface area contributed by atoms with Crippen molar-refractivity contribution >= 4 is 29.1 Å². The van der Waals surface area contributed by atoms with Gasteiger partial charge in [0.25, 0.3) is 11.8 Å². The van der Waals surface area contributed by atoms with Crippen molar-refractivity contribution in [3.63, 3.8) is 0 Å². The fraction of sp³-hybridized carbons (Fsp3) is 0.118. The van der Waals surface area contributed by atoms with Gasteiger partial charge in [0.15, 0.2) is 0 Å². The lowest BCUT2D eigenvalue weighted by Gasteiger charge is -2.13. The normalized spacial score (nSPS) is 10.4. The molecule has 0 radical (unpaired) electrons. The molecule has 0 unspecified atom stereocenters. The van der Waals surface area contributed by atoms with Crippen LogP contribution in [-0.4, -0.2) is 51.0 Å². The number of amides is 2. The van der Waals surface area contributed by atoms with E-state index in [1.807, 2.05) is 0 Å². The van der Waals surface area contributed by atoms with E-state index in [9.17, 15) is 9.59 Å². The maximum absolute atomic E-state index is 12.4. The standard InChI is InChI=1S/C17H15ClN6O2/c1-23(2)17(26)14-8-5-12(9-15(14)18)20-16(25)11-3-6-13(7-4-11)24-10-19-21-22-24/h3-10H,1-2H3,(H,20,25). The molecular formula is C17H15ClN6O2. The minimum atomic E-state index is -0.295. The first kappa shape index (κ1) is 17.6. The molecule has 1 heterocycles. The number of carbonyl (C=O) groups is 2. The van der Waals surface area contributed by atoms with Crippen LogP contribution in [0.25, 0.3) is 5.69 Å². The predicted octanol–water partition coefficient (Wildman–Crippen LogP) is 2.27. The van der Waals surface area contributed by atoms with Crippen molar-refractivity contribution < 1.29 is 9.59 Å². The summed E-state index contributed by atoms with van der Waals surface area (Å²) in [5.74, 6) is -0.498. The van der Waals surface area contributed by atoms with Crippen LogP contribution in [0.5, 0.6) is 0 Å². The van der Waals surface area contributed by atoms with Crippen LogP contribution in [-0.2, 0) is 0 Å². The first-order valence-corrected chi connectivity index (χ1v) is 7.99. The highest BCUT2D eigenvalue weighted by atomic mass is 35.5. The number of carbonyl (C=O) groups excluding carboxylic acids is 2. The SMILES string of the molecule is CN(C)C(=O)c1ccc(NC(=O)c2ccc(-n3cnnn3)cc2)cc1Cl. The molecule has 0 fully saturated rings. The molecule has 1 aromatic heterocycles. The van der Waals surface area contributed by atoms with Gasteiger partial charge in [0.05, 0.1) is 16.3 Å². The van der Waals surface area contributed by atoms with E-state index in [-0.39, 0.29) is 16.8 Å². The Morgan fingerprint density at radius 2 is 1.85 bits per heavy atom. The van der Waals surface area contributed by atoms with E-state index in [2.05, 4.69) is 20.8 Å². The Morgan fingerprint density at radius 3 is 2.42 bits per heavy atom. The third-order valence-corrected chi connectivity index (χ3v) is 3.92. The van der Waals surface area contributed by atoms with Crippen LogP contribution < -0.4 is 5.32 Å². The molecule has 0 spiro atoms. The summed E-state index contributed by atoms with van der Waals surface area (Å²) in [5.41, 5.74) is 2.08. The molecule has 0 aliphatic heterocycles. The topological polar surface area (TPSA) is 93.0 Å². The van der Waals surface area contributed by atoms with Gasteiger partial charge in [-0.3, -0.25) is 9.59 Å². The van der Waals surface area contributed by atoms with Gasteiger partial charge in [-0.05, 0) is 52.9 Å². The summed E-state index contributed by atoms with van der Waals surface area (Å²) in [4.78, 5) is 25.8. The highest BCUT2D eigenvalue weighted by Crippen LogP contribution is 2.22. The summed E-state index contributed by atoms with van der Waals surface area (Å²) in [6.45, 7) is 0. The molecule has 8 nitrogen and oxygen atoms in total. The summed E-state index contributed by atoms with van der Waals surface area (Å²) in [7, 11) is 3.29. The quantitative estimate of drug-likeness (QED) is 0.760. The number of rotatable bonds is 4. The Morgan fingerprint density at radius 1 is 1.12 bits per heavy atom. The third kappa shape index (κ3) is 3.70. The van der Waals surface area contributed by atoms with Gasteiger partial charge in [0.1, 0.15) is 6.33 Å². The van der Waals surface area contributed by atoms with E-state index in [1.54, 1.807) is 56.6 Å². The van der Waals surface area contributed by atoms with Crippen molar-refractivity contribution in [1.29, 1.82) is 0 Å². The smallest absolute Gasteiger partial charge is 0.255 e. The Labute approximate surface area is 154 Å². The molecule has 2 amide bonds. The zero-order chi connectivity index (χ0) is 18.7. The number of anilines is 1. The molecule has 0 aliphatic carbocycles. The molecule has 26 heavy (non-hydrogen) atoms. The fourth-order valence-corrected chi connectivity index (χ4v) is 2.52. The Kier molecular flexibility index (Phi) is 4.94. The van der Waals surface area contributed by atoms with Gasteiger partial charge in [-0.25, -0.2) is 4.68 Å². The first-order chi connectivity index (χ1) is 12.5. The van der Waals surface area contributed by atoms with E-state index >= 15 is 0 Å². The van der Waals surface area contributed by atoms with Crippen LogP contribution in [0.3, 0.4) is 0 Å². The summed E-state index contributed by atoms with van der Waals surface area (Å²) >= 11 is 6.16. The van der Waals surface area contributed by atoms with E-state index in [0.717, 1.165) is 5.69 Å². The second-order valence-corrected chi connectivity index (χ2v) is 6.06. The van der Waals surface area contributed by atoms with Crippen molar-refractivity contribution in [3.8, 4) is 5.69 Å². The van der Waals surface area contributed by atoms with Gasteiger partial charge in [-0.2, -0.15) is 0 Å². The zero-order valence-electron chi connectivity index (χ0n) is 14.0. The van der Waals surface area contributed by atoms with Gasteiger partial charge >= 0.3 is 0 Å². The van der Waals surface area contributed by atoms with E-state index < -0.39 is 0 Å². The molecule has 9 heteroatoms. The van der Waals surface area contributed by atoms with Gasteiger partial charge in [0.2, 0.25) is 0 Å². The lowest BCUT2D eigenvalue weighted by atomic mass is 10.1. The lowest BCUT2D eigenvalue weighted by Crippen LogP contribution is -2.22. The predicted molar refractivity (Wildman–Crippen MR) is 96.6 cm³/mol. The number of nitrogens with one attached hydrogen (secondary N) is 1. The zero-order valence-corrected chi connectivity index (χ0v) is 14.8. The van der Waals surface area contributed by atoms with Crippen molar-refractivity contribution in [2.75, 3.05) is 19.4 Å². The fourth-order valence-electron chi connectivity index (χ4n) is 2.26. The highest BCUT2D eigenvalue weighted by molar-refractivity contribution is 6.34. The lowest BCUT2D eigenvalue weighted by molar-refractivity contribution is 0.0827. The van der Waals surface area contributed by atoms with Crippen LogP contribution in [0.1, 0.15) is 20.7 Å². The number of aromatic nitrogens is 4. The second-order valence-electron chi connectivity index (χ2n) is 5.65. The molecule has 3 aromatic rings. The third-order valence-electron chi connectivity index (χ3n) is 3.61. The molecule has 0 atom stereocenters. The van der Waals surface area contributed by atoms with Gasteiger partial charge < -0.3 is 10.2 Å². The van der Waals surface area contributed by atoms with Gasteiger partial charge in [-0.15, -0.1) is 5.10 Å². The molecule has 0 saturated heterocycles. The van der Waals surface area contributed by atoms with Crippen molar-refractivity contribution in [3.05, 3.63) is 64.9 Å². The highest BCUT2D eigenvalue weighted by Gasteiger charge is 2.14. The van der Waals surface area contributed by atoms with E-state index in [4.69, 9.17) is 11.6 Å². The minimum Gasteiger partial charge on any atom is -0.345 e. The van der Waals surface area contributed by atoms with E-state index in [1.165, 1.54) is 15.9 Å². The van der Waals surface area contributed by atoms with Crippen LogP contribution in [0.2, 0.25) is 5.02 Å². The molecule has 1 N–H and O–H groups in total. The van der Waals surface area contributed by atoms with E-state index in [0.29, 0.717) is 16.8 Å². The number of hydrogen-bond donors (Lipinski definition) is 1. The molecule has 2 aromatic carbocycles. The van der Waals surface area contributed by atoms with Gasteiger partial charge in [-0.1, -0.05) is 11.6 Å². The van der Waals surface area contributed by atoms with Crippen LogP contribution >= 0.6 is 11.6 Å². The number of tetrazole rings is 1. The Balaban J connectivity index is 1.73. The molecule has 0 aliphatic rings. The average Bonchev–Trinajstić information content (AvgIpc) is 3.16. The summed E-state index contributed by atoms with van der Waals surface area (Å²) < 4.78 is 1.49. The first-order valence-electron chi connectivity index (χ1n) is 7.61. The summed E-state index contributed by atoms with van der Waals surface area (Å²) in [5, 5.41) is 13.9.